The lowest BCUT2D eigenvalue weighted by molar-refractivity contribution is 0.0692. The molecule has 1 amide bonds. The third-order valence-electron chi connectivity index (χ3n) is 5.93. The Morgan fingerprint density at radius 2 is 1.87 bits per heavy atom. The number of nitrogens with zero attached hydrogens (tertiary/aromatic N) is 4. The van der Waals surface area contributed by atoms with Gasteiger partial charge in [0.05, 0.1) is 12.2 Å². The fraction of sp³-hybridized carbons (Fsp3) is 0.222. The zero-order valence-corrected chi connectivity index (χ0v) is 21.1. The van der Waals surface area contributed by atoms with Crippen LogP contribution in [0.4, 0.5) is 5.69 Å². The largest absolute Gasteiger partial charge is 0.439 e. The van der Waals surface area contributed by atoms with E-state index in [1.807, 2.05) is 24.3 Å². The van der Waals surface area contributed by atoms with Gasteiger partial charge in [-0.25, -0.2) is 15.1 Å². The Labute approximate surface area is 223 Å². The Kier molecular flexibility index (Phi) is 7.91. The molecule has 0 aliphatic carbocycles. The van der Waals surface area contributed by atoms with E-state index in [1.165, 1.54) is 4.57 Å². The number of ether oxygens (including phenoxy) is 2. The first-order chi connectivity index (χ1) is 18.5. The molecule has 2 N–H and O–H groups in total. The summed E-state index contributed by atoms with van der Waals surface area (Å²) >= 11 is 6.03. The van der Waals surface area contributed by atoms with Gasteiger partial charge in [-0.2, -0.15) is 5.10 Å². The van der Waals surface area contributed by atoms with E-state index >= 15 is 0 Å². The highest BCUT2D eigenvalue weighted by molar-refractivity contribution is 6.30. The van der Waals surface area contributed by atoms with E-state index in [0.717, 1.165) is 5.56 Å². The summed E-state index contributed by atoms with van der Waals surface area (Å²) in [6.07, 6.45) is 3.01. The summed E-state index contributed by atoms with van der Waals surface area (Å²) in [5, 5.41) is 10.3. The maximum absolute atomic E-state index is 13.5. The number of amides is 1. The molecule has 1 aliphatic rings. The summed E-state index contributed by atoms with van der Waals surface area (Å²) in [6.45, 7) is 1.29. The molecule has 0 radical (unpaired) electrons. The molecule has 5 rings (SSSR count). The van der Waals surface area contributed by atoms with Crippen molar-refractivity contribution >= 4 is 23.2 Å². The Morgan fingerprint density at radius 1 is 1.11 bits per heavy atom. The van der Waals surface area contributed by atoms with Crippen LogP contribution in [-0.4, -0.2) is 44.9 Å². The number of carbonyl (C=O) groups is 1. The molecule has 1 aliphatic heterocycles. The number of benzene rings is 2. The van der Waals surface area contributed by atoms with E-state index < -0.39 is 11.5 Å². The summed E-state index contributed by atoms with van der Waals surface area (Å²) in [5.74, 6) is 0.523. The number of carbonyl (C=O) groups excluding carboxylic acids is 1. The standard InChI is InChI=1S/C27H25ClN6O4/c28-19-6-4-18(5-7-19)17-34-26(36)24(25(35)30-21-12-15-37-16-13-21)32-33-27(34)31-20-8-10-22(11-9-20)38-23-3-1-2-14-29-23/h1-11,14,21H,12-13,15-17H2,(H,30,35)(H,31,33). The molecular formula is C27H25ClN6O4. The van der Waals surface area contributed by atoms with Gasteiger partial charge in [0.15, 0.2) is 0 Å². The van der Waals surface area contributed by atoms with Gasteiger partial charge < -0.3 is 14.8 Å². The van der Waals surface area contributed by atoms with Gasteiger partial charge in [0, 0.05) is 36.5 Å². The Morgan fingerprint density at radius 3 is 2.58 bits per heavy atom. The van der Waals surface area contributed by atoms with Crippen molar-refractivity contribution in [2.24, 2.45) is 4.99 Å². The van der Waals surface area contributed by atoms with Gasteiger partial charge in [0.25, 0.3) is 11.5 Å². The molecular weight excluding hydrogens is 508 g/mol. The molecule has 0 unspecified atom stereocenters. The van der Waals surface area contributed by atoms with E-state index in [1.54, 1.807) is 48.7 Å². The van der Waals surface area contributed by atoms with Crippen molar-refractivity contribution in [3.8, 4) is 11.6 Å². The predicted molar refractivity (Wildman–Crippen MR) is 141 cm³/mol. The molecule has 10 nitrogen and oxygen atoms in total. The monoisotopic (exact) mass is 532 g/mol. The van der Waals surface area contributed by atoms with Crippen molar-refractivity contribution in [3.63, 3.8) is 0 Å². The van der Waals surface area contributed by atoms with Gasteiger partial charge in [-0.15, -0.1) is 0 Å². The number of aromatic nitrogens is 4. The normalized spacial score (nSPS) is 14.3. The first kappa shape index (κ1) is 25.4. The lowest BCUT2D eigenvalue weighted by atomic mass is 10.1. The number of rotatable bonds is 7. The number of aromatic amines is 1. The summed E-state index contributed by atoms with van der Waals surface area (Å²) in [7, 11) is 0. The fourth-order valence-electron chi connectivity index (χ4n) is 3.93. The highest BCUT2D eigenvalue weighted by Crippen LogP contribution is 2.22. The zero-order chi connectivity index (χ0) is 26.3. The van der Waals surface area contributed by atoms with Crippen LogP contribution in [0, 0.1) is 0 Å². The van der Waals surface area contributed by atoms with Gasteiger partial charge in [-0.3, -0.25) is 14.2 Å². The Hall–Kier alpha value is -4.28. The second kappa shape index (κ2) is 11.8. The van der Waals surface area contributed by atoms with E-state index in [9.17, 15) is 9.59 Å². The summed E-state index contributed by atoms with van der Waals surface area (Å²) < 4.78 is 12.5. The van der Waals surface area contributed by atoms with Crippen LogP contribution < -0.4 is 21.2 Å². The number of H-pyrrole nitrogens is 1. The topological polar surface area (TPSA) is 123 Å². The minimum Gasteiger partial charge on any atom is -0.439 e. The molecule has 194 valence electrons. The maximum atomic E-state index is 13.5. The molecule has 4 aromatic rings. The van der Waals surface area contributed by atoms with Gasteiger partial charge in [0.1, 0.15) is 5.75 Å². The third kappa shape index (κ3) is 6.34. The van der Waals surface area contributed by atoms with Crippen molar-refractivity contribution in [2.75, 3.05) is 13.2 Å². The molecule has 11 heteroatoms. The zero-order valence-electron chi connectivity index (χ0n) is 20.3. The Bertz CT molecular complexity index is 1510. The molecule has 2 aromatic carbocycles. The van der Waals surface area contributed by atoms with E-state index in [-0.39, 0.29) is 23.9 Å². The molecule has 1 saturated heterocycles. The van der Waals surface area contributed by atoms with E-state index in [0.29, 0.717) is 48.4 Å². The second-order valence-corrected chi connectivity index (χ2v) is 9.09. The third-order valence-corrected chi connectivity index (χ3v) is 6.18. The van der Waals surface area contributed by atoms with Crippen LogP contribution >= 0.6 is 11.6 Å². The van der Waals surface area contributed by atoms with Crippen LogP contribution in [0.5, 0.6) is 11.6 Å². The predicted octanol–water partition coefficient (Wildman–Crippen LogP) is 3.60. The lowest BCUT2D eigenvalue weighted by Crippen LogP contribution is -2.46. The minimum absolute atomic E-state index is 0.0710. The van der Waals surface area contributed by atoms with Crippen LogP contribution in [0.25, 0.3) is 0 Å². The average Bonchev–Trinajstić information content (AvgIpc) is 2.94. The number of hydrogen-bond acceptors (Lipinski definition) is 7. The van der Waals surface area contributed by atoms with Gasteiger partial charge in [-0.1, -0.05) is 29.8 Å². The number of pyridine rings is 1. The van der Waals surface area contributed by atoms with Crippen LogP contribution in [-0.2, 0) is 11.3 Å². The highest BCUT2D eigenvalue weighted by Gasteiger charge is 2.21. The fourth-order valence-corrected chi connectivity index (χ4v) is 4.05. The minimum atomic E-state index is -0.558. The lowest BCUT2D eigenvalue weighted by Gasteiger charge is -2.22. The molecule has 2 aromatic heterocycles. The van der Waals surface area contributed by atoms with E-state index in [4.69, 9.17) is 21.1 Å². The van der Waals surface area contributed by atoms with Gasteiger partial charge >= 0.3 is 0 Å². The van der Waals surface area contributed by atoms with E-state index in [2.05, 4.69) is 25.5 Å². The van der Waals surface area contributed by atoms with Crippen molar-refractivity contribution in [1.82, 2.24) is 25.1 Å². The van der Waals surface area contributed by atoms with Crippen molar-refractivity contribution < 1.29 is 14.3 Å². The highest BCUT2D eigenvalue weighted by atomic mass is 35.5. The number of hydrogen-bond donors (Lipinski definition) is 2. The van der Waals surface area contributed by atoms with Crippen LogP contribution in [0.2, 0.25) is 5.02 Å². The first-order valence-electron chi connectivity index (χ1n) is 12.1. The number of halogens is 1. The van der Waals surface area contributed by atoms with Crippen LogP contribution in [0.1, 0.15) is 28.9 Å². The molecule has 1 fully saturated rings. The molecule has 0 bridgehead atoms. The second-order valence-electron chi connectivity index (χ2n) is 8.65. The molecule has 38 heavy (non-hydrogen) atoms. The SMILES string of the molecule is O=C(NC1CCOCC1)c1n[nH]/c(=N\c2ccc(Oc3ccccn3)cc2)n(Cc2ccc(Cl)cc2)c1=O. The summed E-state index contributed by atoms with van der Waals surface area (Å²) in [6, 6.07) is 19.4. The van der Waals surface area contributed by atoms with Crippen LogP contribution in [0.3, 0.4) is 0 Å². The van der Waals surface area contributed by atoms with Crippen molar-refractivity contribution in [1.29, 1.82) is 0 Å². The van der Waals surface area contributed by atoms with Crippen molar-refractivity contribution in [2.45, 2.75) is 25.4 Å². The number of nitrogens with one attached hydrogen (secondary N) is 2. The molecule has 0 spiro atoms. The molecule has 3 heterocycles. The summed E-state index contributed by atoms with van der Waals surface area (Å²) in [4.78, 5) is 35.1. The smallest absolute Gasteiger partial charge is 0.287 e. The summed E-state index contributed by atoms with van der Waals surface area (Å²) in [5.41, 5.74) is 0.758. The average molecular weight is 533 g/mol. The quantitative estimate of drug-likeness (QED) is 0.375. The van der Waals surface area contributed by atoms with Crippen molar-refractivity contribution in [3.05, 3.63) is 105 Å². The first-order valence-corrected chi connectivity index (χ1v) is 12.5. The maximum Gasteiger partial charge on any atom is 0.287 e. The molecule has 0 saturated carbocycles. The van der Waals surface area contributed by atoms with Gasteiger partial charge in [0.2, 0.25) is 17.2 Å². The van der Waals surface area contributed by atoms with Crippen LogP contribution in [0.15, 0.2) is 82.7 Å². The molecule has 0 atom stereocenters. The Balaban J connectivity index is 1.46. The van der Waals surface area contributed by atoms with Gasteiger partial charge in [-0.05, 0) is 60.9 Å².